The van der Waals surface area contributed by atoms with Crippen LogP contribution in [0.15, 0.2) is 60.7 Å². The Kier molecular flexibility index (Phi) is 3.76. The van der Waals surface area contributed by atoms with Crippen molar-refractivity contribution in [2.24, 2.45) is 0 Å². The maximum atomic E-state index is 2.42. The molecule has 0 atom stereocenters. The standard InChI is InChI=1S/C23H24N2/c1-16-12-13-19(23-17(2)8-7-9-18(23)3)14-22(16)25-15-24(4)20-10-5-6-11-21(20)25/h5-14H,15H2,1-4H3. The van der Waals surface area contributed by atoms with Gasteiger partial charge in [-0.05, 0) is 66.8 Å². The van der Waals surface area contributed by atoms with Crippen molar-refractivity contribution in [1.82, 2.24) is 0 Å². The van der Waals surface area contributed by atoms with Crippen LogP contribution in [0.4, 0.5) is 17.1 Å². The van der Waals surface area contributed by atoms with Gasteiger partial charge < -0.3 is 9.80 Å². The quantitative estimate of drug-likeness (QED) is 0.584. The van der Waals surface area contributed by atoms with Gasteiger partial charge in [0.25, 0.3) is 0 Å². The van der Waals surface area contributed by atoms with Gasteiger partial charge in [-0.1, -0.05) is 42.5 Å². The van der Waals surface area contributed by atoms with Crippen LogP contribution in [0.3, 0.4) is 0 Å². The van der Waals surface area contributed by atoms with Crippen LogP contribution < -0.4 is 9.80 Å². The molecule has 126 valence electrons. The summed E-state index contributed by atoms with van der Waals surface area (Å²) in [5.74, 6) is 0. The Hall–Kier alpha value is -2.74. The summed E-state index contributed by atoms with van der Waals surface area (Å²) >= 11 is 0. The molecule has 1 aliphatic rings. The first-order valence-corrected chi connectivity index (χ1v) is 8.81. The Morgan fingerprint density at radius 3 is 2.08 bits per heavy atom. The van der Waals surface area contributed by atoms with Crippen molar-refractivity contribution in [3.63, 3.8) is 0 Å². The molecule has 0 saturated carbocycles. The molecule has 3 aromatic rings. The van der Waals surface area contributed by atoms with Crippen LogP contribution in [-0.4, -0.2) is 13.7 Å². The third-order valence-electron chi connectivity index (χ3n) is 5.21. The Morgan fingerprint density at radius 1 is 0.680 bits per heavy atom. The molecule has 3 aromatic carbocycles. The van der Waals surface area contributed by atoms with E-state index in [0.717, 1.165) is 6.67 Å². The number of hydrogen-bond acceptors (Lipinski definition) is 2. The number of benzene rings is 3. The molecule has 1 heterocycles. The van der Waals surface area contributed by atoms with E-state index in [1.807, 2.05) is 0 Å². The zero-order valence-corrected chi connectivity index (χ0v) is 15.4. The van der Waals surface area contributed by atoms with Crippen molar-refractivity contribution in [1.29, 1.82) is 0 Å². The van der Waals surface area contributed by atoms with Crippen LogP contribution in [0.2, 0.25) is 0 Å². The van der Waals surface area contributed by atoms with Crippen LogP contribution in [0.5, 0.6) is 0 Å². The number of para-hydroxylation sites is 2. The van der Waals surface area contributed by atoms with Gasteiger partial charge >= 0.3 is 0 Å². The normalized spacial score (nSPS) is 13.3. The molecule has 0 bridgehead atoms. The largest absolute Gasteiger partial charge is 0.355 e. The van der Waals surface area contributed by atoms with E-state index in [0.29, 0.717) is 0 Å². The van der Waals surface area contributed by atoms with Gasteiger partial charge in [0, 0.05) is 12.7 Å². The summed E-state index contributed by atoms with van der Waals surface area (Å²) < 4.78 is 0. The summed E-state index contributed by atoms with van der Waals surface area (Å²) in [5, 5.41) is 0. The molecule has 0 unspecified atom stereocenters. The second-order valence-electron chi connectivity index (χ2n) is 7.02. The molecule has 1 aliphatic heterocycles. The Morgan fingerprint density at radius 2 is 1.36 bits per heavy atom. The third kappa shape index (κ3) is 2.58. The highest BCUT2D eigenvalue weighted by Crippen LogP contribution is 2.42. The van der Waals surface area contributed by atoms with Gasteiger partial charge in [0.15, 0.2) is 0 Å². The molecule has 0 radical (unpaired) electrons. The minimum atomic E-state index is 0.885. The molecule has 0 aromatic heterocycles. The lowest BCUT2D eigenvalue weighted by Gasteiger charge is -2.23. The molecule has 0 N–H and O–H groups in total. The molecule has 4 rings (SSSR count). The lowest BCUT2D eigenvalue weighted by atomic mass is 9.94. The Bertz CT molecular complexity index is 922. The van der Waals surface area contributed by atoms with E-state index in [4.69, 9.17) is 0 Å². The van der Waals surface area contributed by atoms with Gasteiger partial charge in [0.2, 0.25) is 0 Å². The molecule has 0 amide bonds. The van der Waals surface area contributed by atoms with E-state index in [2.05, 4.69) is 98.3 Å². The van der Waals surface area contributed by atoms with Gasteiger partial charge in [-0.2, -0.15) is 0 Å². The van der Waals surface area contributed by atoms with Crippen LogP contribution >= 0.6 is 0 Å². The highest BCUT2D eigenvalue weighted by atomic mass is 15.4. The first kappa shape index (κ1) is 15.8. The zero-order chi connectivity index (χ0) is 17.6. The fourth-order valence-electron chi connectivity index (χ4n) is 3.91. The lowest BCUT2D eigenvalue weighted by Crippen LogP contribution is -2.24. The SMILES string of the molecule is Cc1ccc(-c2c(C)cccc2C)cc1N1CN(C)c2ccccc21. The molecular weight excluding hydrogens is 304 g/mol. The second kappa shape index (κ2) is 5.96. The van der Waals surface area contributed by atoms with E-state index in [9.17, 15) is 0 Å². The minimum Gasteiger partial charge on any atom is -0.355 e. The molecular formula is C23H24N2. The van der Waals surface area contributed by atoms with Gasteiger partial charge in [0.1, 0.15) is 0 Å². The molecule has 0 saturated heterocycles. The fraction of sp³-hybridized carbons (Fsp3) is 0.217. The van der Waals surface area contributed by atoms with Crippen LogP contribution in [-0.2, 0) is 0 Å². The lowest BCUT2D eigenvalue weighted by molar-refractivity contribution is 0.946. The molecule has 0 aliphatic carbocycles. The van der Waals surface area contributed by atoms with Crippen molar-refractivity contribution >= 4 is 17.1 Å². The van der Waals surface area contributed by atoms with Gasteiger partial charge in [-0.25, -0.2) is 0 Å². The van der Waals surface area contributed by atoms with E-state index in [-0.39, 0.29) is 0 Å². The minimum absolute atomic E-state index is 0.885. The number of hydrogen-bond donors (Lipinski definition) is 0. The monoisotopic (exact) mass is 328 g/mol. The Balaban J connectivity index is 1.85. The predicted molar refractivity (Wildman–Crippen MR) is 108 cm³/mol. The van der Waals surface area contributed by atoms with E-state index < -0.39 is 0 Å². The summed E-state index contributed by atoms with van der Waals surface area (Å²) in [4.78, 5) is 4.72. The van der Waals surface area contributed by atoms with Crippen LogP contribution in [0.1, 0.15) is 16.7 Å². The zero-order valence-electron chi connectivity index (χ0n) is 15.4. The van der Waals surface area contributed by atoms with Crippen molar-refractivity contribution < 1.29 is 0 Å². The molecule has 2 heteroatoms. The van der Waals surface area contributed by atoms with Gasteiger partial charge in [-0.3, -0.25) is 0 Å². The molecule has 2 nitrogen and oxygen atoms in total. The molecule has 0 spiro atoms. The maximum Gasteiger partial charge on any atom is 0.0950 e. The topological polar surface area (TPSA) is 6.48 Å². The van der Waals surface area contributed by atoms with E-state index in [1.54, 1.807) is 0 Å². The third-order valence-corrected chi connectivity index (χ3v) is 5.21. The first-order chi connectivity index (χ1) is 12.1. The Labute approximate surface area is 150 Å². The highest BCUT2D eigenvalue weighted by molar-refractivity contribution is 5.85. The summed E-state index contributed by atoms with van der Waals surface area (Å²) in [6, 6.07) is 22.0. The average Bonchev–Trinajstić information content (AvgIpc) is 2.93. The summed E-state index contributed by atoms with van der Waals surface area (Å²) in [7, 11) is 2.16. The number of aryl methyl sites for hydroxylation is 3. The van der Waals surface area contributed by atoms with Crippen LogP contribution in [0, 0.1) is 20.8 Å². The highest BCUT2D eigenvalue weighted by Gasteiger charge is 2.25. The van der Waals surface area contributed by atoms with Crippen LogP contribution in [0.25, 0.3) is 11.1 Å². The predicted octanol–water partition coefficient (Wildman–Crippen LogP) is 5.82. The van der Waals surface area contributed by atoms with E-state index >= 15 is 0 Å². The van der Waals surface area contributed by atoms with E-state index in [1.165, 1.54) is 44.9 Å². The number of fused-ring (bicyclic) bond motifs is 1. The maximum absolute atomic E-state index is 2.42. The average molecular weight is 328 g/mol. The number of anilines is 3. The van der Waals surface area contributed by atoms with Gasteiger partial charge in [-0.15, -0.1) is 0 Å². The number of nitrogens with zero attached hydrogens (tertiary/aromatic N) is 2. The van der Waals surface area contributed by atoms with Crippen molar-refractivity contribution in [2.45, 2.75) is 20.8 Å². The fourth-order valence-corrected chi connectivity index (χ4v) is 3.91. The van der Waals surface area contributed by atoms with Crippen molar-refractivity contribution in [2.75, 3.05) is 23.5 Å². The smallest absolute Gasteiger partial charge is 0.0950 e. The van der Waals surface area contributed by atoms with Crippen molar-refractivity contribution in [3.8, 4) is 11.1 Å². The summed E-state index contributed by atoms with van der Waals surface area (Å²) in [5.41, 5.74) is 10.5. The van der Waals surface area contributed by atoms with Crippen molar-refractivity contribution in [3.05, 3.63) is 77.4 Å². The summed E-state index contributed by atoms with van der Waals surface area (Å²) in [6.07, 6.45) is 0. The second-order valence-corrected chi connectivity index (χ2v) is 7.02. The number of rotatable bonds is 2. The van der Waals surface area contributed by atoms with Gasteiger partial charge in [0.05, 0.1) is 18.0 Å². The summed E-state index contributed by atoms with van der Waals surface area (Å²) in [6.45, 7) is 7.47. The first-order valence-electron chi connectivity index (χ1n) is 8.81. The molecule has 25 heavy (non-hydrogen) atoms. The molecule has 0 fully saturated rings.